The minimum atomic E-state index is 1.11. The fraction of sp³-hybridized carbons (Fsp3) is 0.0612. The maximum absolute atomic E-state index is 2.34. The van der Waals surface area contributed by atoms with Gasteiger partial charge in [-0.05, 0) is 105 Å². The van der Waals surface area contributed by atoms with E-state index in [9.17, 15) is 0 Å². The normalized spacial score (nSPS) is 10.6. The third-order valence-corrected chi connectivity index (χ3v) is 9.30. The molecule has 0 fully saturated rings. The van der Waals surface area contributed by atoms with E-state index in [1.807, 2.05) is 13.8 Å². The van der Waals surface area contributed by atoms with Crippen molar-refractivity contribution in [2.45, 2.75) is 13.8 Å². The Bertz CT molecular complexity index is 2290. The number of benzene rings is 8. The lowest BCUT2D eigenvalue weighted by atomic mass is 10.0. The first-order valence-corrected chi connectivity index (χ1v) is 17.7. The zero-order valence-electron chi connectivity index (χ0n) is 29.4. The molecule has 2 nitrogen and oxygen atoms in total. The Kier molecular flexibility index (Phi) is 10.0. The smallest absolute Gasteiger partial charge is 0.0468 e. The first-order chi connectivity index (χ1) is 25.2. The molecule has 8 aromatic carbocycles. The Labute approximate surface area is 302 Å². The molecule has 0 aromatic heterocycles. The molecule has 0 aliphatic carbocycles. The number of fused-ring (bicyclic) bond motifs is 1. The second-order valence-electron chi connectivity index (χ2n) is 12.3. The third-order valence-electron chi connectivity index (χ3n) is 9.30. The number of hydrogen-bond acceptors (Lipinski definition) is 2. The summed E-state index contributed by atoms with van der Waals surface area (Å²) >= 11 is 0. The molecule has 0 amide bonds. The highest BCUT2D eigenvalue weighted by molar-refractivity contribution is 5.89. The van der Waals surface area contributed by atoms with E-state index < -0.39 is 0 Å². The van der Waals surface area contributed by atoms with Crippen molar-refractivity contribution in [1.82, 2.24) is 0 Å². The predicted octanol–water partition coefficient (Wildman–Crippen LogP) is 14.1. The summed E-state index contributed by atoms with van der Waals surface area (Å²) < 4.78 is 0. The first kappa shape index (κ1) is 33.1. The summed E-state index contributed by atoms with van der Waals surface area (Å²) in [6.07, 6.45) is 0. The fourth-order valence-corrected chi connectivity index (χ4v) is 6.53. The molecule has 8 aromatic rings. The number of rotatable bonds is 8. The van der Waals surface area contributed by atoms with Gasteiger partial charge in [-0.3, -0.25) is 0 Å². The molecule has 0 atom stereocenters. The molecule has 0 unspecified atom stereocenters. The SMILES string of the molecule is CC.CN(c1ccc(-c2ccccc2)cc1)c1ccc(-c2ccc(N(c3ccc(-c4ccccc4)cc3)c3ccc4ccccc4c3)cc2)cc1. The molecular weight excluding hydrogens is 617 g/mol. The number of hydrogen-bond donors (Lipinski definition) is 0. The second-order valence-corrected chi connectivity index (χ2v) is 12.3. The zero-order chi connectivity index (χ0) is 35.0. The summed E-state index contributed by atoms with van der Waals surface area (Å²) in [5.41, 5.74) is 12.9. The average molecular weight is 659 g/mol. The van der Waals surface area contributed by atoms with Crippen LogP contribution in [-0.2, 0) is 0 Å². The van der Waals surface area contributed by atoms with E-state index >= 15 is 0 Å². The molecule has 248 valence electrons. The minimum absolute atomic E-state index is 1.11. The lowest BCUT2D eigenvalue weighted by Crippen LogP contribution is -2.10. The highest BCUT2D eigenvalue weighted by atomic mass is 15.1. The van der Waals surface area contributed by atoms with Crippen molar-refractivity contribution < 1.29 is 0 Å². The van der Waals surface area contributed by atoms with Crippen LogP contribution in [-0.4, -0.2) is 7.05 Å². The summed E-state index contributed by atoms with van der Waals surface area (Å²) in [4.78, 5) is 4.57. The van der Waals surface area contributed by atoms with Gasteiger partial charge < -0.3 is 9.80 Å². The van der Waals surface area contributed by atoms with Crippen molar-refractivity contribution in [2.24, 2.45) is 0 Å². The van der Waals surface area contributed by atoms with Gasteiger partial charge in [0.25, 0.3) is 0 Å². The van der Waals surface area contributed by atoms with Gasteiger partial charge in [0.1, 0.15) is 0 Å². The van der Waals surface area contributed by atoms with Crippen LogP contribution in [0.3, 0.4) is 0 Å². The monoisotopic (exact) mass is 658 g/mol. The summed E-state index contributed by atoms with van der Waals surface area (Å²) in [7, 11) is 2.12. The molecule has 0 radical (unpaired) electrons. The Hall–Kier alpha value is -6.38. The average Bonchev–Trinajstić information content (AvgIpc) is 3.23. The van der Waals surface area contributed by atoms with Gasteiger partial charge in [0.2, 0.25) is 0 Å². The number of nitrogens with zero attached hydrogens (tertiary/aromatic N) is 2. The van der Waals surface area contributed by atoms with Crippen molar-refractivity contribution in [3.05, 3.63) is 200 Å². The van der Waals surface area contributed by atoms with Crippen LogP contribution >= 0.6 is 0 Å². The van der Waals surface area contributed by atoms with E-state index in [1.54, 1.807) is 0 Å². The van der Waals surface area contributed by atoms with E-state index in [0.717, 1.165) is 28.4 Å². The highest BCUT2D eigenvalue weighted by Crippen LogP contribution is 2.38. The van der Waals surface area contributed by atoms with Crippen molar-refractivity contribution in [3.63, 3.8) is 0 Å². The number of anilines is 5. The Morgan fingerprint density at radius 2 is 0.588 bits per heavy atom. The summed E-state index contributed by atoms with van der Waals surface area (Å²) in [6, 6.07) is 71.6. The zero-order valence-corrected chi connectivity index (χ0v) is 29.4. The Morgan fingerprint density at radius 1 is 0.275 bits per heavy atom. The fourth-order valence-electron chi connectivity index (χ4n) is 6.53. The van der Waals surface area contributed by atoms with Gasteiger partial charge in [-0.2, -0.15) is 0 Å². The van der Waals surface area contributed by atoms with Crippen LogP contribution in [0.5, 0.6) is 0 Å². The largest absolute Gasteiger partial charge is 0.345 e. The van der Waals surface area contributed by atoms with E-state index in [2.05, 4.69) is 217 Å². The van der Waals surface area contributed by atoms with Crippen molar-refractivity contribution >= 4 is 39.2 Å². The molecule has 0 bridgehead atoms. The summed E-state index contributed by atoms with van der Waals surface area (Å²) in [6.45, 7) is 4.00. The van der Waals surface area contributed by atoms with E-state index in [4.69, 9.17) is 0 Å². The molecule has 0 saturated heterocycles. The Morgan fingerprint density at radius 3 is 1.00 bits per heavy atom. The van der Waals surface area contributed by atoms with Crippen LogP contribution in [0.4, 0.5) is 28.4 Å². The lowest BCUT2D eigenvalue weighted by molar-refractivity contribution is 1.21. The maximum Gasteiger partial charge on any atom is 0.0468 e. The quantitative estimate of drug-likeness (QED) is 0.160. The maximum atomic E-state index is 2.34. The van der Waals surface area contributed by atoms with Gasteiger partial charge >= 0.3 is 0 Å². The molecular formula is C49H42N2. The van der Waals surface area contributed by atoms with Gasteiger partial charge in [0.05, 0.1) is 0 Å². The third kappa shape index (κ3) is 7.32. The molecule has 51 heavy (non-hydrogen) atoms. The highest BCUT2D eigenvalue weighted by Gasteiger charge is 2.14. The van der Waals surface area contributed by atoms with Crippen LogP contribution in [0.15, 0.2) is 200 Å². The molecule has 8 rings (SSSR count). The summed E-state index contributed by atoms with van der Waals surface area (Å²) in [5.74, 6) is 0. The van der Waals surface area contributed by atoms with Crippen molar-refractivity contribution in [2.75, 3.05) is 16.8 Å². The van der Waals surface area contributed by atoms with Gasteiger partial charge in [-0.1, -0.05) is 153 Å². The molecule has 0 saturated carbocycles. The first-order valence-electron chi connectivity index (χ1n) is 17.7. The molecule has 2 heteroatoms. The van der Waals surface area contributed by atoms with Crippen molar-refractivity contribution in [1.29, 1.82) is 0 Å². The summed E-state index contributed by atoms with van der Waals surface area (Å²) in [5, 5.41) is 2.46. The minimum Gasteiger partial charge on any atom is -0.345 e. The Balaban J connectivity index is 0.00000200. The lowest BCUT2D eigenvalue weighted by Gasteiger charge is -2.26. The van der Waals surface area contributed by atoms with Crippen LogP contribution in [0.1, 0.15) is 13.8 Å². The van der Waals surface area contributed by atoms with Crippen molar-refractivity contribution in [3.8, 4) is 33.4 Å². The second kappa shape index (κ2) is 15.4. The van der Waals surface area contributed by atoms with E-state index in [1.165, 1.54) is 44.2 Å². The van der Waals surface area contributed by atoms with Crippen LogP contribution in [0, 0.1) is 0 Å². The molecule has 0 heterocycles. The molecule has 0 spiro atoms. The van der Waals surface area contributed by atoms with Gasteiger partial charge in [0.15, 0.2) is 0 Å². The van der Waals surface area contributed by atoms with E-state index in [-0.39, 0.29) is 0 Å². The van der Waals surface area contributed by atoms with Crippen LogP contribution < -0.4 is 9.80 Å². The molecule has 0 aliphatic heterocycles. The molecule has 0 N–H and O–H groups in total. The van der Waals surface area contributed by atoms with E-state index in [0.29, 0.717) is 0 Å². The van der Waals surface area contributed by atoms with Crippen LogP contribution in [0.25, 0.3) is 44.2 Å². The van der Waals surface area contributed by atoms with Gasteiger partial charge in [0, 0.05) is 35.5 Å². The topological polar surface area (TPSA) is 6.48 Å². The standard InChI is InChI=1S/C47H36N2.C2H6/c1-48(43-25-16-38(17-26-43)35-10-4-2-5-11-35)44-27-18-40(19-28-44)41-22-31-46(32-23-41)49(47-33-24-37-14-8-9-15-42(37)34-47)45-29-20-39(21-30-45)36-12-6-3-7-13-36;1-2/h2-34H,1H3;1-2H3. The predicted molar refractivity (Wildman–Crippen MR) is 221 cm³/mol. The van der Waals surface area contributed by atoms with Gasteiger partial charge in [-0.15, -0.1) is 0 Å². The van der Waals surface area contributed by atoms with Crippen LogP contribution in [0.2, 0.25) is 0 Å². The molecule has 0 aliphatic rings. The van der Waals surface area contributed by atoms with Gasteiger partial charge in [-0.25, -0.2) is 0 Å².